The van der Waals surface area contributed by atoms with E-state index in [1.165, 1.54) is 12.3 Å². The molecule has 1 aromatic carbocycles. The Labute approximate surface area is 117 Å². The van der Waals surface area contributed by atoms with Gasteiger partial charge in [0.05, 0.1) is 25.0 Å². The minimum atomic E-state index is -0.368. The molecule has 4 nitrogen and oxygen atoms in total. The molecule has 1 heterocycles. The van der Waals surface area contributed by atoms with Crippen LogP contribution in [0.4, 0.5) is 4.39 Å². The predicted octanol–water partition coefficient (Wildman–Crippen LogP) is 2.40. The van der Waals surface area contributed by atoms with Gasteiger partial charge in [0.15, 0.2) is 0 Å². The zero-order chi connectivity index (χ0) is 14.7. The molecule has 3 N–H and O–H groups in total. The number of hydrogen-bond acceptors (Lipinski definition) is 4. The van der Waals surface area contributed by atoms with Crippen LogP contribution in [0.3, 0.4) is 0 Å². The largest absolute Gasteiger partial charge is 0.496 e. The molecular formula is C15H18FN3O. The Bertz CT molecular complexity index is 599. The number of ether oxygens (including phenoxy) is 1. The first-order valence-corrected chi connectivity index (χ1v) is 6.29. The third kappa shape index (κ3) is 2.79. The summed E-state index contributed by atoms with van der Waals surface area (Å²) in [6.07, 6.45) is 1.19. The minimum Gasteiger partial charge on any atom is -0.496 e. The zero-order valence-corrected chi connectivity index (χ0v) is 11.8. The van der Waals surface area contributed by atoms with Crippen LogP contribution in [-0.2, 0) is 0 Å². The molecule has 5 heteroatoms. The quantitative estimate of drug-likeness (QED) is 0.664. The summed E-state index contributed by atoms with van der Waals surface area (Å²) < 4.78 is 18.3. The second-order valence-electron chi connectivity index (χ2n) is 4.68. The molecule has 0 aliphatic rings. The molecule has 0 radical (unpaired) electrons. The summed E-state index contributed by atoms with van der Waals surface area (Å²) >= 11 is 0. The van der Waals surface area contributed by atoms with Crippen molar-refractivity contribution in [1.82, 2.24) is 10.4 Å². The summed E-state index contributed by atoms with van der Waals surface area (Å²) in [6.45, 7) is 3.94. The second-order valence-corrected chi connectivity index (χ2v) is 4.68. The van der Waals surface area contributed by atoms with Gasteiger partial charge in [-0.15, -0.1) is 0 Å². The third-order valence-corrected chi connectivity index (χ3v) is 3.31. The first-order valence-electron chi connectivity index (χ1n) is 6.29. The molecule has 0 saturated carbocycles. The number of pyridine rings is 1. The molecule has 0 bridgehead atoms. The lowest BCUT2D eigenvalue weighted by molar-refractivity contribution is 0.411. The van der Waals surface area contributed by atoms with Gasteiger partial charge in [-0.25, -0.2) is 9.82 Å². The monoisotopic (exact) mass is 275 g/mol. The van der Waals surface area contributed by atoms with Crippen LogP contribution in [0.2, 0.25) is 0 Å². The molecule has 2 aromatic rings. The van der Waals surface area contributed by atoms with Crippen LogP contribution in [0, 0.1) is 19.7 Å². The fourth-order valence-corrected chi connectivity index (χ4v) is 2.24. The lowest BCUT2D eigenvalue weighted by Gasteiger charge is -2.20. The van der Waals surface area contributed by atoms with Gasteiger partial charge in [0, 0.05) is 0 Å². The van der Waals surface area contributed by atoms with Crippen molar-refractivity contribution in [2.24, 2.45) is 5.84 Å². The fourth-order valence-electron chi connectivity index (χ4n) is 2.24. The lowest BCUT2D eigenvalue weighted by atomic mass is 9.96. The van der Waals surface area contributed by atoms with Crippen molar-refractivity contribution >= 4 is 0 Å². The highest BCUT2D eigenvalue weighted by molar-refractivity contribution is 5.44. The van der Waals surface area contributed by atoms with Crippen LogP contribution in [0.25, 0.3) is 0 Å². The van der Waals surface area contributed by atoms with Crippen LogP contribution in [0.1, 0.15) is 28.4 Å². The van der Waals surface area contributed by atoms with E-state index in [0.717, 1.165) is 22.4 Å². The van der Waals surface area contributed by atoms with E-state index in [2.05, 4.69) is 10.4 Å². The standard InChI is InChI=1S/C15H18FN3O/c1-9-7-14(20-3)10(2)6-12(9)15(19-17)13-5-4-11(16)8-18-13/h4-8,15,19H,17H2,1-3H3. The van der Waals surface area contributed by atoms with E-state index < -0.39 is 0 Å². The molecule has 20 heavy (non-hydrogen) atoms. The van der Waals surface area contributed by atoms with E-state index >= 15 is 0 Å². The number of methoxy groups -OCH3 is 1. The smallest absolute Gasteiger partial charge is 0.141 e. The van der Waals surface area contributed by atoms with E-state index in [1.54, 1.807) is 13.2 Å². The maximum atomic E-state index is 13.0. The SMILES string of the molecule is COc1cc(C)c(C(NN)c2ccc(F)cn2)cc1C. The predicted molar refractivity (Wildman–Crippen MR) is 75.8 cm³/mol. The van der Waals surface area contributed by atoms with Crippen LogP contribution < -0.4 is 16.0 Å². The summed E-state index contributed by atoms with van der Waals surface area (Å²) in [5.41, 5.74) is 6.43. The van der Waals surface area contributed by atoms with Gasteiger partial charge < -0.3 is 4.74 Å². The maximum Gasteiger partial charge on any atom is 0.141 e. The normalized spacial score (nSPS) is 12.2. The molecule has 0 spiro atoms. The van der Waals surface area contributed by atoms with Crippen molar-refractivity contribution in [3.63, 3.8) is 0 Å². The summed E-state index contributed by atoms with van der Waals surface area (Å²) in [4.78, 5) is 4.09. The molecule has 1 unspecified atom stereocenters. The van der Waals surface area contributed by atoms with Gasteiger partial charge in [0.25, 0.3) is 0 Å². The summed E-state index contributed by atoms with van der Waals surface area (Å²) in [5, 5.41) is 0. The van der Waals surface area contributed by atoms with E-state index in [-0.39, 0.29) is 11.9 Å². The van der Waals surface area contributed by atoms with E-state index in [1.807, 2.05) is 26.0 Å². The molecule has 0 saturated heterocycles. The van der Waals surface area contributed by atoms with E-state index in [9.17, 15) is 4.39 Å². The molecule has 1 atom stereocenters. The maximum absolute atomic E-state index is 13.0. The number of nitrogens with one attached hydrogen (secondary N) is 1. The number of nitrogens with two attached hydrogens (primary N) is 1. The second kappa shape index (κ2) is 5.98. The third-order valence-electron chi connectivity index (χ3n) is 3.31. The topological polar surface area (TPSA) is 60.2 Å². The number of hydrogen-bond donors (Lipinski definition) is 2. The summed E-state index contributed by atoms with van der Waals surface area (Å²) in [7, 11) is 1.64. The number of hydrazine groups is 1. The van der Waals surface area contributed by atoms with Gasteiger partial charge in [-0.1, -0.05) is 6.07 Å². The molecule has 2 rings (SSSR count). The highest BCUT2D eigenvalue weighted by Crippen LogP contribution is 2.29. The number of benzene rings is 1. The van der Waals surface area contributed by atoms with Crippen molar-refractivity contribution in [3.05, 3.63) is 58.7 Å². The number of rotatable bonds is 4. The van der Waals surface area contributed by atoms with Gasteiger partial charge in [0.2, 0.25) is 0 Å². The highest BCUT2D eigenvalue weighted by atomic mass is 19.1. The minimum absolute atomic E-state index is 0.291. The Balaban J connectivity index is 2.46. The van der Waals surface area contributed by atoms with Gasteiger partial charge in [-0.3, -0.25) is 10.8 Å². The van der Waals surface area contributed by atoms with Crippen molar-refractivity contribution < 1.29 is 9.13 Å². The number of nitrogens with zero attached hydrogens (tertiary/aromatic N) is 1. The molecule has 0 amide bonds. The Kier molecular flexibility index (Phi) is 4.32. The van der Waals surface area contributed by atoms with Gasteiger partial charge in [0.1, 0.15) is 11.6 Å². The average Bonchev–Trinajstić information content (AvgIpc) is 2.45. The Hall–Kier alpha value is -1.98. The molecule has 0 fully saturated rings. The van der Waals surface area contributed by atoms with Crippen LogP contribution in [0.15, 0.2) is 30.5 Å². The van der Waals surface area contributed by atoms with Crippen LogP contribution in [0.5, 0.6) is 5.75 Å². The first kappa shape index (κ1) is 14.4. The highest BCUT2D eigenvalue weighted by Gasteiger charge is 2.17. The summed E-state index contributed by atoms with van der Waals surface area (Å²) in [5.74, 6) is 6.11. The summed E-state index contributed by atoms with van der Waals surface area (Å²) in [6, 6.07) is 6.67. The van der Waals surface area contributed by atoms with Crippen LogP contribution >= 0.6 is 0 Å². The Morgan fingerprint density at radius 2 is 2.00 bits per heavy atom. The van der Waals surface area contributed by atoms with Crippen molar-refractivity contribution in [2.75, 3.05) is 7.11 Å². The molecular weight excluding hydrogens is 257 g/mol. The van der Waals surface area contributed by atoms with Gasteiger partial charge in [-0.05, 0) is 48.7 Å². The first-order chi connectivity index (χ1) is 9.56. The zero-order valence-electron chi connectivity index (χ0n) is 11.8. The van der Waals surface area contributed by atoms with Crippen LogP contribution in [-0.4, -0.2) is 12.1 Å². The fraction of sp³-hybridized carbons (Fsp3) is 0.267. The molecule has 0 aliphatic carbocycles. The van der Waals surface area contributed by atoms with Gasteiger partial charge >= 0.3 is 0 Å². The van der Waals surface area contributed by atoms with Gasteiger partial charge in [-0.2, -0.15) is 0 Å². The number of halogens is 1. The van der Waals surface area contributed by atoms with E-state index in [4.69, 9.17) is 10.6 Å². The Morgan fingerprint density at radius 3 is 2.55 bits per heavy atom. The Morgan fingerprint density at radius 1 is 1.25 bits per heavy atom. The van der Waals surface area contributed by atoms with E-state index in [0.29, 0.717) is 5.69 Å². The lowest BCUT2D eigenvalue weighted by Crippen LogP contribution is -2.30. The number of aryl methyl sites for hydroxylation is 2. The average molecular weight is 275 g/mol. The van der Waals surface area contributed by atoms with Crippen molar-refractivity contribution in [3.8, 4) is 5.75 Å². The van der Waals surface area contributed by atoms with Crippen molar-refractivity contribution in [2.45, 2.75) is 19.9 Å². The molecule has 0 aliphatic heterocycles. The van der Waals surface area contributed by atoms with Crippen molar-refractivity contribution in [1.29, 1.82) is 0 Å². The number of aromatic nitrogens is 1. The molecule has 1 aromatic heterocycles. The molecule has 106 valence electrons.